The molecule has 2 heterocycles. The van der Waals surface area contributed by atoms with Gasteiger partial charge in [-0.2, -0.15) is 0 Å². The van der Waals surface area contributed by atoms with Crippen LogP contribution in [0.5, 0.6) is 0 Å². The minimum Gasteiger partial charge on any atom is -0.324 e. The van der Waals surface area contributed by atoms with Gasteiger partial charge in [-0.1, -0.05) is 42.1 Å². The van der Waals surface area contributed by atoms with Crippen LogP contribution in [0, 0.1) is 6.92 Å². The topological polar surface area (TPSA) is 72.7 Å². The molecule has 8 heteroatoms. The molecule has 0 saturated carbocycles. The van der Waals surface area contributed by atoms with E-state index in [0.29, 0.717) is 11.0 Å². The molecule has 6 nitrogen and oxygen atoms in total. The van der Waals surface area contributed by atoms with Crippen molar-refractivity contribution in [1.82, 2.24) is 19.7 Å². The van der Waals surface area contributed by atoms with Gasteiger partial charge in [0.05, 0.1) is 16.6 Å². The first kappa shape index (κ1) is 22.1. The van der Waals surface area contributed by atoms with Crippen molar-refractivity contribution in [1.29, 1.82) is 0 Å². The minimum absolute atomic E-state index is 0.0821. The lowest BCUT2D eigenvalue weighted by molar-refractivity contribution is -0.115. The zero-order valence-electron chi connectivity index (χ0n) is 18.0. The van der Waals surface area contributed by atoms with E-state index >= 15 is 0 Å². The number of aryl methyl sites for hydroxylation is 1. The molecule has 32 heavy (non-hydrogen) atoms. The quantitative estimate of drug-likeness (QED) is 0.368. The van der Waals surface area contributed by atoms with Gasteiger partial charge in [0, 0.05) is 22.9 Å². The fourth-order valence-corrected chi connectivity index (χ4v) is 4.67. The van der Waals surface area contributed by atoms with Crippen LogP contribution in [0.25, 0.3) is 17.1 Å². The average molecular weight is 462 g/mol. The highest BCUT2D eigenvalue weighted by Gasteiger charge is 2.23. The molecule has 0 aliphatic carbocycles. The predicted octanol–water partition coefficient (Wildman–Crippen LogP) is 5.48. The Labute approximate surface area is 195 Å². The third kappa shape index (κ3) is 4.71. The Kier molecular flexibility index (Phi) is 6.92. The molecule has 4 aromatic rings. The molecule has 0 aliphatic heterocycles. The molecular formula is C24H23N5OS2. The Morgan fingerprint density at radius 1 is 1.00 bits per heavy atom. The molecule has 0 bridgehead atoms. The maximum atomic E-state index is 13.0. The van der Waals surface area contributed by atoms with Crippen molar-refractivity contribution < 1.29 is 4.79 Å². The summed E-state index contributed by atoms with van der Waals surface area (Å²) in [5.74, 6) is 0.630. The van der Waals surface area contributed by atoms with Crippen molar-refractivity contribution in [2.24, 2.45) is 0 Å². The standard InChI is InChI=1S/C24H23N5OS2/c1-16-8-4-6-10-20(16)29-22(18-12-14-25-15-13-18)27-28-24(29)32-17(2)23(30)26-19-9-5-7-11-21(19)31-3/h4-15,17H,1-3H3,(H,26,30). The van der Waals surface area contributed by atoms with Gasteiger partial charge < -0.3 is 5.32 Å². The number of carbonyl (C=O) groups excluding carboxylic acids is 1. The molecule has 1 N–H and O–H groups in total. The van der Waals surface area contributed by atoms with Gasteiger partial charge in [-0.05, 0) is 56.0 Å². The van der Waals surface area contributed by atoms with Gasteiger partial charge >= 0.3 is 0 Å². The van der Waals surface area contributed by atoms with Gasteiger partial charge in [0.25, 0.3) is 0 Å². The van der Waals surface area contributed by atoms with E-state index in [0.717, 1.165) is 27.4 Å². The molecule has 0 spiro atoms. The van der Waals surface area contributed by atoms with E-state index in [1.807, 2.05) is 72.3 Å². The second-order valence-corrected chi connectivity index (χ2v) is 9.27. The summed E-state index contributed by atoms with van der Waals surface area (Å²) >= 11 is 2.99. The first-order chi connectivity index (χ1) is 15.6. The van der Waals surface area contributed by atoms with Crippen LogP contribution in [-0.4, -0.2) is 37.2 Å². The molecule has 2 aromatic carbocycles. The lowest BCUT2D eigenvalue weighted by atomic mass is 10.2. The second kappa shape index (κ2) is 10.0. The number of carbonyl (C=O) groups is 1. The van der Waals surface area contributed by atoms with Crippen LogP contribution in [0.1, 0.15) is 12.5 Å². The molecule has 1 unspecified atom stereocenters. The summed E-state index contributed by atoms with van der Waals surface area (Å²) < 4.78 is 2.01. The van der Waals surface area contributed by atoms with E-state index in [4.69, 9.17) is 0 Å². The molecular weight excluding hydrogens is 438 g/mol. The number of hydrogen-bond donors (Lipinski definition) is 1. The molecule has 4 rings (SSSR count). The normalized spacial score (nSPS) is 11.8. The maximum Gasteiger partial charge on any atom is 0.237 e. The lowest BCUT2D eigenvalue weighted by Gasteiger charge is -2.16. The summed E-state index contributed by atoms with van der Waals surface area (Å²) in [7, 11) is 0. The van der Waals surface area contributed by atoms with Crippen molar-refractivity contribution in [2.75, 3.05) is 11.6 Å². The van der Waals surface area contributed by atoms with Crippen LogP contribution in [-0.2, 0) is 4.79 Å². The summed E-state index contributed by atoms with van der Waals surface area (Å²) in [5.41, 5.74) is 3.80. The van der Waals surface area contributed by atoms with Gasteiger partial charge in [0.15, 0.2) is 11.0 Å². The maximum absolute atomic E-state index is 13.0. The number of amides is 1. The van der Waals surface area contributed by atoms with Crippen LogP contribution in [0.2, 0.25) is 0 Å². The molecule has 1 atom stereocenters. The van der Waals surface area contributed by atoms with Gasteiger partial charge in [0.2, 0.25) is 5.91 Å². The number of para-hydroxylation sites is 2. The third-order valence-corrected chi connectivity index (χ3v) is 6.78. The average Bonchev–Trinajstić information content (AvgIpc) is 3.23. The highest BCUT2D eigenvalue weighted by molar-refractivity contribution is 8.00. The molecule has 0 fully saturated rings. The number of nitrogens with one attached hydrogen (secondary N) is 1. The Hall–Kier alpha value is -3.10. The molecule has 162 valence electrons. The summed E-state index contributed by atoms with van der Waals surface area (Å²) in [4.78, 5) is 18.1. The van der Waals surface area contributed by atoms with Gasteiger partial charge in [-0.15, -0.1) is 22.0 Å². The van der Waals surface area contributed by atoms with Crippen LogP contribution >= 0.6 is 23.5 Å². The Morgan fingerprint density at radius 3 is 2.47 bits per heavy atom. The number of rotatable bonds is 7. The fourth-order valence-electron chi connectivity index (χ4n) is 3.26. The van der Waals surface area contributed by atoms with Crippen LogP contribution in [0.15, 0.2) is 83.1 Å². The fraction of sp³-hybridized carbons (Fsp3) is 0.167. The smallest absolute Gasteiger partial charge is 0.237 e. The van der Waals surface area contributed by atoms with Crippen LogP contribution in [0.4, 0.5) is 5.69 Å². The summed E-state index contributed by atoms with van der Waals surface area (Å²) in [6.45, 7) is 3.93. The second-order valence-electron chi connectivity index (χ2n) is 7.11. The molecule has 1 amide bonds. The number of nitrogens with zero attached hydrogens (tertiary/aromatic N) is 4. The van der Waals surface area contributed by atoms with Crippen molar-refractivity contribution >= 4 is 35.1 Å². The van der Waals surface area contributed by atoms with Crippen molar-refractivity contribution in [3.63, 3.8) is 0 Å². The summed E-state index contributed by atoms with van der Waals surface area (Å²) in [6.07, 6.45) is 5.46. The van der Waals surface area contributed by atoms with Gasteiger partial charge in [-0.25, -0.2) is 0 Å². The van der Waals surface area contributed by atoms with E-state index in [-0.39, 0.29) is 11.2 Å². The number of thioether (sulfide) groups is 2. The van der Waals surface area contributed by atoms with E-state index in [1.165, 1.54) is 11.8 Å². The zero-order valence-corrected chi connectivity index (χ0v) is 19.7. The number of benzene rings is 2. The molecule has 0 saturated heterocycles. The first-order valence-corrected chi connectivity index (χ1v) is 12.2. The largest absolute Gasteiger partial charge is 0.324 e. The Bertz CT molecular complexity index is 1230. The van der Waals surface area contributed by atoms with Crippen LogP contribution in [0.3, 0.4) is 0 Å². The molecule has 0 radical (unpaired) electrons. The number of pyridine rings is 1. The van der Waals surface area contributed by atoms with E-state index in [9.17, 15) is 4.79 Å². The summed E-state index contributed by atoms with van der Waals surface area (Å²) in [6, 6.07) is 19.7. The highest BCUT2D eigenvalue weighted by Crippen LogP contribution is 2.32. The first-order valence-electron chi connectivity index (χ1n) is 10.1. The number of anilines is 1. The highest BCUT2D eigenvalue weighted by atomic mass is 32.2. The van der Waals surface area contributed by atoms with Crippen LogP contribution < -0.4 is 5.32 Å². The zero-order chi connectivity index (χ0) is 22.5. The third-order valence-electron chi connectivity index (χ3n) is 4.94. The van der Waals surface area contributed by atoms with Crippen molar-refractivity contribution in [3.8, 4) is 17.1 Å². The lowest BCUT2D eigenvalue weighted by Crippen LogP contribution is -2.23. The number of hydrogen-bond acceptors (Lipinski definition) is 6. The predicted molar refractivity (Wildman–Crippen MR) is 131 cm³/mol. The van der Waals surface area contributed by atoms with E-state index in [1.54, 1.807) is 24.2 Å². The number of aromatic nitrogens is 4. The summed E-state index contributed by atoms with van der Waals surface area (Å²) in [5, 5.41) is 12.2. The van der Waals surface area contributed by atoms with Crippen molar-refractivity contribution in [3.05, 3.63) is 78.6 Å². The minimum atomic E-state index is -0.373. The monoisotopic (exact) mass is 461 g/mol. The van der Waals surface area contributed by atoms with Crippen molar-refractivity contribution in [2.45, 2.75) is 29.1 Å². The van der Waals surface area contributed by atoms with E-state index < -0.39 is 0 Å². The SMILES string of the molecule is CSc1ccccc1NC(=O)C(C)Sc1nnc(-c2ccncc2)n1-c1ccccc1C. The van der Waals surface area contributed by atoms with Gasteiger partial charge in [0.1, 0.15) is 0 Å². The van der Waals surface area contributed by atoms with Gasteiger partial charge in [-0.3, -0.25) is 14.3 Å². The Morgan fingerprint density at radius 2 is 1.72 bits per heavy atom. The van der Waals surface area contributed by atoms with E-state index in [2.05, 4.69) is 33.5 Å². The Balaban J connectivity index is 1.66. The molecule has 2 aromatic heterocycles. The molecule has 0 aliphatic rings.